The second-order valence-corrected chi connectivity index (χ2v) is 5.11. The largest absolute Gasteiger partial charge is 0.492 e. The number of rotatable bonds is 4. The fourth-order valence-electron chi connectivity index (χ4n) is 2.73. The van der Waals surface area contributed by atoms with Crippen molar-refractivity contribution in [2.75, 3.05) is 18.5 Å². The summed E-state index contributed by atoms with van der Waals surface area (Å²) in [6.45, 7) is 5.52. The molecule has 0 radical (unpaired) electrons. The molecule has 1 fully saturated rings. The highest BCUT2D eigenvalue weighted by molar-refractivity contribution is 5.91. The van der Waals surface area contributed by atoms with Crippen LogP contribution in [0.4, 0.5) is 10.5 Å². The van der Waals surface area contributed by atoms with Crippen molar-refractivity contribution in [1.82, 2.24) is 4.90 Å². The third kappa shape index (κ3) is 3.44. The van der Waals surface area contributed by atoms with E-state index in [1.807, 2.05) is 36.1 Å². The summed E-state index contributed by atoms with van der Waals surface area (Å²) in [5, 5.41) is 2.99. The molecule has 0 aliphatic carbocycles. The van der Waals surface area contributed by atoms with Gasteiger partial charge in [-0.25, -0.2) is 4.79 Å². The van der Waals surface area contributed by atoms with Crippen LogP contribution in [0.1, 0.15) is 39.5 Å². The summed E-state index contributed by atoms with van der Waals surface area (Å²) in [5.41, 5.74) is 0.750. The average Bonchev–Trinajstić information content (AvgIpc) is 2.49. The van der Waals surface area contributed by atoms with Gasteiger partial charge >= 0.3 is 6.03 Å². The Kier molecular flexibility index (Phi) is 5.27. The molecule has 1 unspecified atom stereocenters. The SMILES string of the molecule is CCOc1ccccc1NC(=O)N1CCCCC1CC. The Bertz CT molecular complexity index is 448. The third-order valence-electron chi connectivity index (χ3n) is 3.79. The van der Waals surface area contributed by atoms with E-state index in [2.05, 4.69) is 12.2 Å². The number of carbonyl (C=O) groups excluding carboxylic acids is 1. The summed E-state index contributed by atoms with van der Waals surface area (Å²) in [6, 6.07) is 7.94. The number of anilines is 1. The van der Waals surface area contributed by atoms with Crippen molar-refractivity contribution in [3.8, 4) is 5.75 Å². The average molecular weight is 276 g/mol. The second-order valence-electron chi connectivity index (χ2n) is 5.11. The van der Waals surface area contributed by atoms with Crippen LogP contribution in [0.3, 0.4) is 0 Å². The Morgan fingerprint density at radius 3 is 2.90 bits per heavy atom. The number of hydrogen-bond acceptors (Lipinski definition) is 2. The van der Waals surface area contributed by atoms with Gasteiger partial charge in [-0.05, 0) is 44.7 Å². The molecular weight excluding hydrogens is 252 g/mol. The summed E-state index contributed by atoms with van der Waals surface area (Å²) in [4.78, 5) is 14.4. The van der Waals surface area contributed by atoms with Crippen molar-refractivity contribution in [3.05, 3.63) is 24.3 Å². The normalized spacial score (nSPS) is 18.7. The van der Waals surface area contributed by atoms with Crippen molar-refractivity contribution in [2.45, 2.75) is 45.6 Å². The first kappa shape index (κ1) is 14.7. The molecule has 1 N–H and O–H groups in total. The van der Waals surface area contributed by atoms with E-state index in [9.17, 15) is 4.79 Å². The number of amides is 2. The first-order chi connectivity index (χ1) is 9.76. The molecule has 1 atom stereocenters. The van der Waals surface area contributed by atoms with E-state index in [4.69, 9.17) is 4.74 Å². The predicted octanol–water partition coefficient (Wildman–Crippen LogP) is 3.88. The molecule has 0 aromatic heterocycles. The number of carbonyl (C=O) groups is 1. The molecule has 1 aliphatic heterocycles. The van der Waals surface area contributed by atoms with Gasteiger partial charge < -0.3 is 15.0 Å². The summed E-state index contributed by atoms with van der Waals surface area (Å²) < 4.78 is 5.55. The van der Waals surface area contributed by atoms with Gasteiger partial charge in [-0.15, -0.1) is 0 Å². The minimum absolute atomic E-state index is 0.0105. The molecule has 1 aromatic rings. The standard InChI is InChI=1S/C16H24N2O2/c1-3-13-9-7-8-12-18(13)16(19)17-14-10-5-6-11-15(14)20-4-2/h5-6,10-11,13H,3-4,7-9,12H2,1-2H3,(H,17,19). The number of benzene rings is 1. The molecule has 2 amide bonds. The van der Waals surface area contributed by atoms with Crippen LogP contribution in [0.25, 0.3) is 0 Å². The van der Waals surface area contributed by atoms with Crippen LogP contribution in [0.5, 0.6) is 5.75 Å². The number of piperidine rings is 1. The zero-order valence-electron chi connectivity index (χ0n) is 12.4. The topological polar surface area (TPSA) is 41.6 Å². The zero-order chi connectivity index (χ0) is 14.4. The first-order valence-corrected chi connectivity index (χ1v) is 7.55. The Morgan fingerprint density at radius 1 is 1.35 bits per heavy atom. The van der Waals surface area contributed by atoms with E-state index >= 15 is 0 Å². The smallest absolute Gasteiger partial charge is 0.322 e. The lowest BCUT2D eigenvalue weighted by molar-refractivity contribution is 0.160. The third-order valence-corrected chi connectivity index (χ3v) is 3.79. The summed E-state index contributed by atoms with van der Waals surface area (Å²) in [5.74, 6) is 0.730. The van der Waals surface area contributed by atoms with Gasteiger partial charge in [0.25, 0.3) is 0 Å². The highest BCUT2D eigenvalue weighted by atomic mass is 16.5. The van der Waals surface area contributed by atoms with Gasteiger partial charge in [-0.2, -0.15) is 0 Å². The lowest BCUT2D eigenvalue weighted by Crippen LogP contribution is -2.45. The molecular formula is C16H24N2O2. The number of ether oxygens (including phenoxy) is 1. The molecule has 0 spiro atoms. The Balaban J connectivity index is 2.07. The molecule has 1 saturated heterocycles. The number of nitrogens with one attached hydrogen (secondary N) is 1. The van der Waals surface area contributed by atoms with Gasteiger partial charge in [0.2, 0.25) is 0 Å². The van der Waals surface area contributed by atoms with Gasteiger partial charge in [0.1, 0.15) is 5.75 Å². The molecule has 0 saturated carbocycles. The number of hydrogen-bond donors (Lipinski definition) is 1. The quantitative estimate of drug-likeness (QED) is 0.906. The lowest BCUT2D eigenvalue weighted by atomic mass is 10.0. The second kappa shape index (κ2) is 7.17. The van der Waals surface area contributed by atoms with Gasteiger partial charge in [-0.1, -0.05) is 19.1 Å². The van der Waals surface area contributed by atoms with E-state index in [1.165, 1.54) is 6.42 Å². The number of para-hydroxylation sites is 2. The Morgan fingerprint density at radius 2 is 2.15 bits per heavy atom. The highest BCUT2D eigenvalue weighted by Gasteiger charge is 2.25. The maximum Gasteiger partial charge on any atom is 0.322 e. The van der Waals surface area contributed by atoms with Crippen LogP contribution in [-0.4, -0.2) is 30.1 Å². The first-order valence-electron chi connectivity index (χ1n) is 7.55. The summed E-state index contributed by atoms with van der Waals surface area (Å²) in [6.07, 6.45) is 4.44. The van der Waals surface area contributed by atoms with Gasteiger partial charge in [0.05, 0.1) is 12.3 Å². The van der Waals surface area contributed by atoms with Crippen LogP contribution < -0.4 is 10.1 Å². The van der Waals surface area contributed by atoms with E-state index in [-0.39, 0.29) is 6.03 Å². The molecule has 110 valence electrons. The van der Waals surface area contributed by atoms with Gasteiger partial charge in [0.15, 0.2) is 0 Å². The van der Waals surface area contributed by atoms with E-state index in [1.54, 1.807) is 0 Å². The van der Waals surface area contributed by atoms with Crippen LogP contribution in [0, 0.1) is 0 Å². The molecule has 1 heterocycles. The Labute approximate surface area is 121 Å². The van der Waals surface area contributed by atoms with Crippen molar-refractivity contribution >= 4 is 11.7 Å². The molecule has 4 heteroatoms. The Hall–Kier alpha value is -1.71. The number of likely N-dealkylation sites (tertiary alicyclic amines) is 1. The van der Waals surface area contributed by atoms with Crippen molar-refractivity contribution < 1.29 is 9.53 Å². The predicted molar refractivity (Wildman–Crippen MR) is 81.3 cm³/mol. The highest BCUT2D eigenvalue weighted by Crippen LogP contribution is 2.26. The maximum absolute atomic E-state index is 12.5. The molecule has 0 bridgehead atoms. The number of nitrogens with zero attached hydrogens (tertiary/aromatic N) is 1. The monoisotopic (exact) mass is 276 g/mol. The van der Waals surface area contributed by atoms with Gasteiger partial charge in [-0.3, -0.25) is 0 Å². The van der Waals surface area contributed by atoms with E-state index in [0.717, 1.165) is 37.2 Å². The van der Waals surface area contributed by atoms with Crippen molar-refractivity contribution in [3.63, 3.8) is 0 Å². The minimum atomic E-state index is -0.0105. The van der Waals surface area contributed by atoms with Crippen molar-refractivity contribution in [1.29, 1.82) is 0 Å². The fraction of sp³-hybridized carbons (Fsp3) is 0.562. The zero-order valence-corrected chi connectivity index (χ0v) is 12.4. The van der Waals surface area contributed by atoms with Crippen LogP contribution in [0.2, 0.25) is 0 Å². The lowest BCUT2D eigenvalue weighted by Gasteiger charge is -2.35. The minimum Gasteiger partial charge on any atom is -0.492 e. The molecule has 1 aromatic carbocycles. The van der Waals surface area contributed by atoms with Crippen LogP contribution >= 0.6 is 0 Å². The van der Waals surface area contributed by atoms with Crippen LogP contribution in [-0.2, 0) is 0 Å². The van der Waals surface area contributed by atoms with E-state index < -0.39 is 0 Å². The van der Waals surface area contributed by atoms with Crippen LogP contribution in [0.15, 0.2) is 24.3 Å². The molecule has 1 aliphatic rings. The maximum atomic E-state index is 12.5. The van der Waals surface area contributed by atoms with E-state index in [0.29, 0.717) is 12.6 Å². The molecule has 2 rings (SSSR count). The fourth-order valence-corrected chi connectivity index (χ4v) is 2.73. The summed E-state index contributed by atoms with van der Waals surface area (Å²) >= 11 is 0. The summed E-state index contributed by atoms with van der Waals surface area (Å²) in [7, 11) is 0. The number of urea groups is 1. The molecule has 4 nitrogen and oxygen atoms in total. The van der Waals surface area contributed by atoms with Gasteiger partial charge in [0, 0.05) is 12.6 Å². The molecule has 20 heavy (non-hydrogen) atoms. The van der Waals surface area contributed by atoms with Crippen molar-refractivity contribution in [2.24, 2.45) is 0 Å².